The normalized spacial score (nSPS) is 11.7. The maximum absolute atomic E-state index is 13.4. The summed E-state index contributed by atoms with van der Waals surface area (Å²) in [5.41, 5.74) is 0.778. The van der Waals surface area contributed by atoms with E-state index in [1.54, 1.807) is 0 Å². The molecule has 0 atom stereocenters. The van der Waals surface area contributed by atoms with Crippen LogP contribution in [0.4, 0.5) is 0 Å². The Bertz CT molecular complexity index is 1550. The number of carbonyl (C=O) groups excluding carboxylic acids is 1. The minimum atomic E-state index is 0.0827. The van der Waals surface area contributed by atoms with Crippen LogP contribution in [0.5, 0.6) is 0 Å². The summed E-state index contributed by atoms with van der Waals surface area (Å²) < 4.78 is 0. The molecule has 0 unspecified atom stereocenters. The first-order valence-electron chi connectivity index (χ1n) is 9.65. The molecule has 6 aromatic rings. The molecule has 0 aromatic heterocycles. The number of thioether (sulfide) groups is 1. The fourth-order valence-electron chi connectivity index (χ4n) is 4.32. The predicted octanol–water partition coefficient (Wildman–Crippen LogP) is 7.67. The van der Waals surface area contributed by atoms with Crippen molar-refractivity contribution in [2.24, 2.45) is 0 Å². The third-order valence-corrected chi connectivity index (χ3v) is 6.55. The quantitative estimate of drug-likeness (QED) is 0.224. The lowest BCUT2D eigenvalue weighted by Crippen LogP contribution is -1.97. The predicted molar refractivity (Wildman–Crippen MR) is 124 cm³/mol. The van der Waals surface area contributed by atoms with Gasteiger partial charge in [0.2, 0.25) is 5.12 Å². The van der Waals surface area contributed by atoms with Crippen molar-refractivity contribution in [2.75, 3.05) is 0 Å². The van der Waals surface area contributed by atoms with Crippen LogP contribution >= 0.6 is 11.8 Å². The molecule has 6 aromatic carbocycles. The zero-order chi connectivity index (χ0) is 19.4. The highest BCUT2D eigenvalue weighted by Gasteiger charge is 2.17. The van der Waals surface area contributed by atoms with E-state index < -0.39 is 0 Å². The van der Waals surface area contributed by atoms with Gasteiger partial charge in [-0.2, -0.15) is 0 Å². The van der Waals surface area contributed by atoms with Gasteiger partial charge in [-0.15, -0.1) is 0 Å². The molecule has 0 radical (unpaired) electrons. The molecule has 1 nitrogen and oxygen atoms in total. The van der Waals surface area contributed by atoms with E-state index in [0.29, 0.717) is 0 Å². The molecule has 29 heavy (non-hydrogen) atoms. The van der Waals surface area contributed by atoms with E-state index in [-0.39, 0.29) is 5.12 Å². The van der Waals surface area contributed by atoms with E-state index in [9.17, 15) is 4.79 Å². The van der Waals surface area contributed by atoms with Gasteiger partial charge in [0.05, 0.1) is 0 Å². The first-order valence-corrected chi connectivity index (χ1v) is 10.5. The third-order valence-electron chi connectivity index (χ3n) is 5.66. The second-order valence-corrected chi connectivity index (χ2v) is 8.42. The second-order valence-electron chi connectivity index (χ2n) is 7.37. The average Bonchev–Trinajstić information content (AvgIpc) is 2.77. The van der Waals surface area contributed by atoms with Crippen LogP contribution in [-0.2, 0) is 0 Å². The summed E-state index contributed by atoms with van der Waals surface area (Å²) in [5, 5.41) is 9.40. The van der Waals surface area contributed by atoms with Gasteiger partial charge in [-0.05, 0) is 73.1 Å². The van der Waals surface area contributed by atoms with Gasteiger partial charge in [0.15, 0.2) is 0 Å². The summed E-state index contributed by atoms with van der Waals surface area (Å²) in [6.45, 7) is 0. The highest BCUT2D eigenvalue weighted by molar-refractivity contribution is 8.14. The van der Waals surface area contributed by atoms with Crippen LogP contribution in [0.1, 0.15) is 10.4 Å². The van der Waals surface area contributed by atoms with E-state index in [2.05, 4.69) is 72.8 Å². The Morgan fingerprint density at radius 3 is 2.07 bits per heavy atom. The molecule has 136 valence electrons. The van der Waals surface area contributed by atoms with Crippen molar-refractivity contribution in [3.8, 4) is 0 Å². The van der Waals surface area contributed by atoms with Gasteiger partial charge in [0.25, 0.3) is 0 Å². The Morgan fingerprint density at radius 1 is 0.552 bits per heavy atom. The molecule has 6 rings (SSSR count). The molecule has 0 aliphatic rings. The van der Waals surface area contributed by atoms with Crippen molar-refractivity contribution in [1.82, 2.24) is 0 Å². The number of fused-ring (bicyclic) bond motifs is 1. The highest BCUT2D eigenvalue weighted by Crippen LogP contribution is 2.38. The lowest BCUT2D eigenvalue weighted by atomic mass is 9.92. The van der Waals surface area contributed by atoms with E-state index in [4.69, 9.17) is 0 Å². The van der Waals surface area contributed by atoms with Crippen LogP contribution in [0, 0.1) is 0 Å². The first kappa shape index (κ1) is 16.6. The van der Waals surface area contributed by atoms with Crippen LogP contribution in [0.15, 0.2) is 102 Å². The van der Waals surface area contributed by atoms with Crippen molar-refractivity contribution < 1.29 is 4.79 Å². The summed E-state index contributed by atoms with van der Waals surface area (Å²) in [7, 11) is 0. The van der Waals surface area contributed by atoms with Gasteiger partial charge in [-0.3, -0.25) is 4.79 Å². The number of hydrogen-bond acceptors (Lipinski definition) is 2. The molecule has 0 saturated heterocycles. The Labute approximate surface area is 172 Å². The zero-order valence-electron chi connectivity index (χ0n) is 15.6. The van der Waals surface area contributed by atoms with E-state index in [1.165, 1.54) is 38.7 Å². The fraction of sp³-hybridized carbons (Fsp3) is 0. The minimum Gasteiger partial charge on any atom is -0.281 e. The van der Waals surface area contributed by atoms with Crippen molar-refractivity contribution in [1.29, 1.82) is 0 Å². The molecule has 0 aliphatic heterocycles. The topological polar surface area (TPSA) is 17.1 Å². The SMILES string of the molecule is O=C(Sc1ccc2ccccc2c1)c1cc2cccc3ccc4cccc1c4c32. The molecule has 0 amide bonds. The van der Waals surface area contributed by atoms with E-state index in [0.717, 1.165) is 26.6 Å². The van der Waals surface area contributed by atoms with Gasteiger partial charge in [-0.25, -0.2) is 0 Å². The van der Waals surface area contributed by atoms with Crippen molar-refractivity contribution in [3.05, 3.63) is 103 Å². The molecule has 0 N–H and O–H groups in total. The fourth-order valence-corrected chi connectivity index (χ4v) is 5.14. The molecule has 0 aliphatic carbocycles. The third kappa shape index (κ3) is 2.60. The Morgan fingerprint density at radius 2 is 1.21 bits per heavy atom. The zero-order valence-corrected chi connectivity index (χ0v) is 16.4. The van der Waals surface area contributed by atoms with E-state index in [1.807, 2.05) is 24.3 Å². The van der Waals surface area contributed by atoms with Crippen LogP contribution in [0.25, 0.3) is 43.1 Å². The number of rotatable bonds is 2. The molecule has 0 spiro atoms. The molecular weight excluding hydrogens is 372 g/mol. The number of carbonyl (C=O) groups is 1. The monoisotopic (exact) mass is 388 g/mol. The van der Waals surface area contributed by atoms with Crippen molar-refractivity contribution in [3.63, 3.8) is 0 Å². The second kappa shape index (κ2) is 6.33. The summed E-state index contributed by atoms with van der Waals surface area (Å²) in [6, 6.07) is 33.3. The molecule has 0 fully saturated rings. The summed E-state index contributed by atoms with van der Waals surface area (Å²) in [5.74, 6) is 0. The summed E-state index contributed by atoms with van der Waals surface area (Å²) >= 11 is 1.31. The largest absolute Gasteiger partial charge is 0.281 e. The van der Waals surface area contributed by atoms with Gasteiger partial charge in [0, 0.05) is 10.5 Å². The Hall–Kier alpha value is -3.36. The summed E-state index contributed by atoms with van der Waals surface area (Å²) in [4.78, 5) is 14.3. The van der Waals surface area contributed by atoms with E-state index >= 15 is 0 Å². The maximum atomic E-state index is 13.4. The van der Waals surface area contributed by atoms with Crippen molar-refractivity contribution in [2.45, 2.75) is 4.90 Å². The average molecular weight is 388 g/mol. The lowest BCUT2D eigenvalue weighted by molar-refractivity contribution is 0.109. The summed E-state index contributed by atoms with van der Waals surface area (Å²) in [6.07, 6.45) is 0. The molecule has 0 bridgehead atoms. The van der Waals surface area contributed by atoms with Gasteiger partial charge in [0.1, 0.15) is 0 Å². The number of hydrogen-bond donors (Lipinski definition) is 0. The Balaban J connectivity index is 1.53. The van der Waals surface area contributed by atoms with Gasteiger partial charge < -0.3 is 0 Å². The minimum absolute atomic E-state index is 0.0827. The Kier molecular flexibility index (Phi) is 3.62. The number of benzene rings is 6. The smallest absolute Gasteiger partial charge is 0.224 e. The lowest BCUT2D eigenvalue weighted by Gasteiger charge is -2.14. The molecule has 0 heterocycles. The molecule has 2 heteroatoms. The molecule has 0 saturated carbocycles. The standard InChI is InChI=1S/C27H16OS/c28-27(29-22-14-13-17-5-1-2-6-20(17)15-22)24-16-21-9-3-7-18-11-12-19-8-4-10-23(24)26(19)25(18)21/h1-16H. The van der Waals surface area contributed by atoms with Crippen LogP contribution in [0.2, 0.25) is 0 Å². The highest BCUT2D eigenvalue weighted by atomic mass is 32.2. The van der Waals surface area contributed by atoms with Gasteiger partial charge >= 0.3 is 0 Å². The van der Waals surface area contributed by atoms with Gasteiger partial charge in [-0.1, -0.05) is 78.9 Å². The maximum Gasteiger partial charge on any atom is 0.224 e. The molecular formula is C27H16OS. The van der Waals surface area contributed by atoms with Crippen molar-refractivity contribution >= 4 is 60.0 Å². The van der Waals surface area contributed by atoms with Crippen LogP contribution in [0.3, 0.4) is 0 Å². The first-order chi connectivity index (χ1) is 14.3. The van der Waals surface area contributed by atoms with Crippen LogP contribution < -0.4 is 0 Å². The van der Waals surface area contributed by atoms with Crippen LogP contribution in [-0.4, -0.2) is 5.12 Å².